The van der Waals surface area contributed by atoms with Crippen LogP contribution in [0.1, 0.15) is 23.6 Å². The lowest BCUT2D eigenvalue weighted by molar-refractivity contribution is -0.129. The number of para-hydroxylation sites is 1. The number of nitrogens with one attached hydrogen (secondary N) is 1. The summed E-state index contributed by atoms with van der Waals surface area (Å²) in [6.45, 7) is 0. The largest absolute Gasteiger partial charge is 0.326 e. The second-order valence-electron chi connectivity index (χ2n) is 8.53. The zero-order valence-corrected chi connectivity index (χ0v) is 21.4. The molecular weight excluding hydrogens is 502 g/mol. The van der Waals surface area contributed by atoms with E-state index in [-0.39, 0.29) is 18.2 Å². The smallest absolute Gasteiger partial charge is 0.243 e. The Morgan fingerprint density at radius 3 is 1.95 bits per heavy atom. The number of halogens is 1. The molecule has 7 heteroatoms. The molecule has 0 spiro atoms. The van der Waals surface area contributed by atoms with Crippen LogP contribution < -0.4 is 5.32 Å². The van der Waals surface area contributed by atoms with Gasteiger partial charge in [0.1, 0.15) is 5.25 Å². The van der Waals surface area contributed by atoms with Crippen molar-refractivity contribution in [1.82, 2.24) is 4.90 Å². The molecule has 5 nitrogen and oxygen atoms in total. The molecule has 0 bridgehead atoms. The van der Waals surface area contributed by atoms with Gasteiger partial charge in [0.25, 0.3) is 0 Å². The Morgan fingerprint density at radius 1 is 0.838 bits per heavy atom. The number of amides is 2. The zero-order chi connectivity index (χ0) is 25.6. The third kappa shape index (κ3) is 5.93. The lowest BCUT2D eigenvalue weighted by atomic mass is 9.97. The van der Waals surface area contributed by atoms with Gasteiger partial charge in [-0.15, -0.1) is 0 Å². The van der Waals surface area contributed by atoms with Crippen molar-refractivity contribution >= 4 is 51.7 Å². The van der Waals surface area contributed by atoms with Crippen LogP contribution in [0.25, 0.3) is 0 Å². The standard InChI is InChI=1S/C30H24ClN3O2S/c31-23-16-18-25(19-17-23)33-30-34(28(21-10-4-1-5-11-21)22-12-6-2-7-13-22)29(36)26(37-30)20-27(35)32-24-14-8-3-9-15-24/h1-19,26,28H,20H2,(H,32,35). The number of nitrogens with zero attached hydrogens (tertiary/aromatic N) is 2. The average molecular weight is 526 g/mol. The monoisotopic (exact) mass is 525 g/mol. The van der Waals surface area contributed by atoms with E-state index in [1.165, 1.54) is 11.8 Å². The van der Waals surface area contributed by atoms with E-state index in [1.807, 2.05) is 103 Å². The van der Waals surface area contributed by atoms with Crippen LogP contribution in [-0.2, 0) is 9.59 Å². The van der Waals surface area contributed by atoms with Gasteiger partial charge in [0, 0.05) is 17.1 Å². The number of carbonyl (C=O) groups excluding carboxylic acids is 2. The van der Waals surface area contributed by atoms with E-state index in [2.05, 4.69) is 5.32 Å². The Balaban J connectivity index is 1.52. The predicted octanol–water partition coefficient (Wildman–Crippen LogP) is 7.09. The fourth-order valence-electron chi connectivity index (χ4n) is 4.22. The molecule has 2 amide bonds. The third-order valence-electron chi connectivity index (χ3n) is 5.94. The first-order chi connectivity index (χ1) is 18.1. The molecule has 0 radical (unpaired) electrons. The van der Waals surface area contributed by atoms with Crippen LogP contribution in [0.5, 0.6) is 0 Å². The molecule has 0 aromatic heterocycles. The van der Waals surface area contributed by atoms with Gasteiger partial charge in [-0.25, -0.2) is 4.99 Å². The highest BCUT2D eigenvalue weighted by atomic mass is 35.5. The minimum atomic E-state index is -0.607. The normalized spacial score (nSPS) is 16.4. The summed E-state index contributed by atoms with van der Waals surface area (Å²) in [5, 5.41) is 3.44. The Morgan fingerprint density at radius 2 is 1.38 bits per heavy atom. The molecule has 1 unspecified atom stereocenters. The highest BCUT2D eigenvalue weighted by molar-refractivity contribution is 8.15. The van der Waals surface area contributed by atoms with Gasteiger partial charge in [-0.3, -0.25) is 14.5 Å². The van der Waals surface area contributed by atoms with E-state index < -0.39 is 11.3 Å². The van der Waals surface area contributed by atoms with Gasteiger partial charge in [0.05, 0.1) is 11.7 Å². The summed E-state index contributed by atoms with van der Waals surface area (Å²) in [7, 11) is 0. The molecule has 1 aliphatic rings. The molecule has 1 fully saturated rings. The number of aliphatic imine (C=N–C) groups is 1. The molecule has 1 N–H and O–H groups in total. The maximum absolute atomic E-state index is 14.0. The molecule has 1 heterocycles. The van der Waals surface area contributed by atoms with Crippen molar-refractivity contribution in [1.29, 1.82) is 0 Å². The van der Waals surface area contributed by atoms with E-state index in [0.29, 0.717) is 21.6 Å². The van der Waals surface area contributed by atoms with Gasteiger partial charge in [-0.2, -0.15) is 0 Å². The molecule has 1 atom stereocenters. The summed E-state index contributed by atoms with van der Waals surface area (Å²) in [4.78, 5) is 33.4. The van der Waals surface area contributed by atoms with Crippen LogP contribution in [0.2, 0.25) is 5.02 Å². The highest BCUT2D eigenvalue weighted by Gasteiger charge is 2.43. The maximum atomic E-state index is 14.0. The van der Waals surface area contributed by atoms with Crippen molar-refractivity contribution in [2.45, 2.75) is 17.7 Å². The number of hydrogen-bond acceptors (Lipinski definition) is 4. The number of anilines is 1. The van der Waals surface area contributed by atoms with Crippen molar-refractivity contribution in [2.75, 3.05) is 5.32 Å². The zero-order valence-electron chi connectivity index (χ0n) is 19.8. The molecule has 4 aromatic carbocycles. The minimum absolute atomic E-state index is 0.0326. The Bertz CT molecular complexity index is 1360. The predicted molar refractivity (Wildman–Crippen MR) is 151 cm³/mol. The summed E-state index contributed by atoms with van der Waals surface area (Å²) < 4.78 is 0. The van der Waals surface area contributed by atoms with Crippen LogP contribution in [0, 0.1) is 0 Å². The van der Waals surface area contributed by atoms with Crippen LogP contribution in [0.15, 0.2) is 120 Å². The lowest BCUT2D eigenvalue weighted by Crippen LogP contribution is -2.37. The van der Waals surface area contributed by atoms with Gasteiger partial charge < -0.3 is 5.32 Å². The number of thioether (sulfide) groups is 1. The first kappa shape index (κ1) is 24.8. The summed E-state index contributed by atoms with van der Waals surface area (Å²) in [5.74, 6) is -0.376. The lowest BCUT2D eigenvalue weighted by Gasteiger charge is -2.29. The number of rotatable bonds is 7. The van der Waals surface area contributed by atoms with Gasteiger partial charge in [0.2, 0.25) is 11.8 Å². The van der Waals surface area contributed by atoms with Crippen molar-refractivity contribution in [3.8, 4) is 0 Å². The fraction of sp³-hybridized carbons (Fsp3) is 0.100. The molecule has 1 aliphatic heterocycles. The molecule has 5 rings (SSSR count). The Labute approximate surface area is 225 Å². The van der Waals surface area contributed by atoms with Gasteiger partial charge in [-0.1, -0.05) is 102 Å². The molecule has 0 saturated carbocycles. The quantitative estimate of drug-likeness (QED) is 0.280. The van der Waals surface area contributed by atoms with Crippen molar-refractivity contribution in [3.63, 3.8) is 0 Å². The fourth-order valence-corrected chi connectivity index (χ4v) is 5.52. The van der Waals surface area contributed by atoms with E-state index in [9.17, 15) is 9.59 Å². The SMILES string of the molecule is O=C(CC1SC(=Nc2ccc(Cl)cc2)N(C(c2ccccc2)c2ccccc2)C1=O)Nc1ccccc1. The summed E-state index contributed by atoms with van der Waals surface area (Å²) in [6, 6.07) is 35.8. The highest BCUT2D eigenvalue weighted by Crippen LogP contribution is 2.40. The Kier molecular flexibility index (Phi) is 7.68. The summed E-state index contributed by atoms with van der Waals surface area (Å²) in [5.41, 5.74) is 3.29. The van der Waals surface area contributed by atoms with Crippen molar-refractivity contribution in [2.24, 2.45) is 4.99 Å². The average Bonchev–Trinajstić information content (AvgIpc) is 3.21. The van der Waals surface area contributed by atoms with E-state index in [4.69, 9.17) is 16.6 Å². The van der Waals surface area contributed by atoms with E-state index >= 15 is 0 Å². The van der Waals surface area contributed by atoms with E-state index in [0.717, 1.165) is 11.1 Å². The number of hydrogen-bond donors (Lipinski definition) is 1. The molecule has 184 valence electrons. The van der Waals surface area contributed by atoms with Gasteiger partial charge >= 0.3 is 0 Å². The second kappa shape index (κ2) is 11.5. The maximum Gasteiger partial charge on any atom is 0.243 e. The first-order valence-electron chi connectivity index (χ1n) is 11.9. The molecule has 1 saturated heterocycles. The number of carbonyl (C=O) groups is 2. The van der Waals surface area contributed by atoms with Crippen LogP contribution in [-0.4, -0.2) is 27.1 Å². The van der Waals surface area contributed by atoms with E-state index in [1.54, 1.807) is 17.0 Å². The minimum Gasteiger partial charge on any atom is -0.326 e. The topological polar surface area (TPSA) is 61.8 Å². The van der Waals surface area contributed by atoms with Crippen LogP contribution in [0.3, 0.4) is 0 Å². The van der Waals surface area contributed by atoms with Crippen molar-refractivity contribution in [3.05, 3.63) is 131 Å². The molecule has 0 aliphatic carbocycles. The molecule has 4 aromatic rings. The number of benzene rings is 4. The van der Waals surface area contributed by atoms with Gasteiger partial charge in [0.15, 0.2) is 5.17 Å². The summed E-state index contributed by atoms with van der Waals surface area (Å²) in [6.07, 6.45) is 0.0326. The number of amidine groups is 1. The second-order valence-corrected chi connectivity index (χ2v) is 10.1. The van der Waals surface area contributed by atoms with Gasteiger partial charge in [-0.05, 0) is 47.5 Å². The van der Waals surface area contributed by atoms with Crippen molar-refractivity contribution < 1.29 is 9.59 Å². The van der Waals surface area contributed by atoms with Crippen LogP contribution in [0.4, 0.5) is 11.4 Å². The Hall–Kier alpha value is -3.87. The summed E-state index contributed by atoms with van der Waals surface area (Å²) >= 11 is 7.39. The molecule has 37 heavy (non-hydrogen) atoms. The first-order valence-corrected chi connectivity index (χ1v) is 13.1. The van der Waals surface area contributed by atoms with Crippen LogP contribution >= 0.6 is 23.4 Å². The molecular formula is C30H24ClN3O2S. The third-order valence-corrected chi connectivity index (χ3v) is 7.34.